The largest absolute Gasteiger partial charge is 0.439 e. The summed E-state index contributed by atoms with van der Waals surface area (Å²) in [4.78, 5) is 48.9. The second kappa shape index (κ2) is 12.5. The zero-order valence-corrected chi connectivity index (χ0v) is 25.0. The Morgan fingerprint density at radius 3 is 2.47 bits per heavy atom. The van der Waals surface area contributed by atoms with Crippen LogP contribution in [-0.2, 0) is 24.2 Å². The fourth-order valence-corrected chi connectivity index (χ4v) is 6.19. The van der Waals surface area contributed by atoms with E-state index in [1.807, 2.05) is 53.4 Å². The number of rotatable bonds is 10. The molecule has 2 aliphatic rings. The number of hydrogen-bond acceptors (Lipinski definition) is 6. The summed E-state index contributed by atoms with van der Waals surface area (Å²) in [6, 6.07) is 15.9. The van der Waals surface area contributed by atoms with E-state index < -0.39 is 5.76 Å². The Morgan fingerprint density at radius 1 is 1.02 bits per heavy atom. The highest BCUT2D eigenvalue weighted by atomic mass is 16.5. The Bertz CT molecular complexity index is 1710. The minimum absolute atomic E-state index is 0.0392. The number of amides is 1. The topological polar surface area (TPSA) is 114 Å². The Kier molecular flexibility index (Phi) is 8.40. The predicted octanol–water partition coefficient (Wildman–Crippen LogP) is 5.47. The summed E-state index contributed by atoms with van der Waals surface area (Å²) >= 11 is 0. The standard InChI is InChI=1S/C34H39N5O4/c1-3-4-12-29-35-31(25-17-18-25)28(20-30(40)38-19-8-7-9-22(38)2)33(41)39(29)21-23-13-15-24(16-14-23)26-10-5-6-11-27(26)32-36-34(42)43-37-32/h5-6,10-11,13-16,22,25H,3-4,7-9,12,17-21H2,1-2H3,(H,36,37,42). The first-order valence-corrected chi connectivity index (χ1v) is 15.6. The van der Waals surface area contributed by atoms with Crippen LogP contribution in [0, 0.1) is 0 Å². The van der Waals surface area contributed by atoms with Gasteiger partial charge in [0, 0.05) is 36.1 Å². The average Bonchev–Trinajstić information content (AvgIpc) is 3.78. The number of aryl methyl sites for hydroxylation is 1. The highest BCUT2D eigenvalue weighted by Crippen LogP contribution is 2.40. The molecule has 1 atom stereocenters. The van der Waals surface area contributed by atoms with E-state index in [4.69, 9.17) is 9.51 Å². The van der Waals surface area contributed by atoms with E-state index in [1.165, 1.54) is 0 Å². The summed E-state index contributed by atoms with van der Waals surface area (Å²) < 4.78 is 6.52. The number of aromatic nitrogens is 4. The van der Waals surface area contributed by atoms with Crippen LogP contribution in [0.15, 0.2) is 62.6 Å². The average molecular weight is 582 g/mol. The van der Waals surface area contributed by atoms with Gasteiger partial charge in [0.15, 0.2) is 5.82 Å². The van der Waals surface area contributed by atoms with Gasteiger partial charge in [-0.1, -0.05) is 67.0 Å². The molecule has 3 heterocycles. The van der Waals surface area contributed by atoms with Gasteiger partial charge in [-0.15, -0.1) is 0 Å². The maximum absolute atomic E-state index is 14.2. The zero-order chi connectivity index (χ0) is 29.9. The van der Waals surface area contributed by atoms with Crippen LogP contribution < -0.4 is 11.3 Å². The van der Waals surface area contributed by atoms with Crippen molar-refractivity contribution in [2.45, 2.75) is 90.1 Å². The van der Waals surface area contributed by atoms with Crippen molar-refractivity contribution >= 4 is 5.91 Å². The molecule has 9 heteroatoms. The SMILES string of the molecule is CCCCc1nc(C2CC2)c(CC(=O)N2CCCCC2C)c(=O)n1Cc1ccc(-c2ccccc2-c2noc(=O)[nH]2)cc1. The van der Waals surface area contributed by atoms with Crippen LogP contribution in [0.3, 0.4) is 0 Å². The summed E-state index contributed by atoms with van der Waals surface area (Å²) in [6.07, 6.45) is 8.01. The molecule has 43 heavy (non-hydrogen) atoms. The molecular formula is C34H39N5O4. The quantitative estimate of drug-likeness (QED) is 0.266. The third-order valence-corrected chi connectivity index (χ3v) is 8.77. The lowest BCUT2D eigenvalue weighted by Gasteiger charge is -2.33. The van der Waals surface area contributed by atoms with Crippen LogP contribution in [0.5, 0.6) is 0 Å². The molecule has 1 unspecified atom stereocenters. The number of carbonyl (C=O) groups excluding carboxylic acids is 1. The van der Waals surface area contributed by atoms with E-state index in [2.05, 4.69) is 24.0 Å². The van der Waals surface area contributed by atoms with Gasteiger partial charge in [0.1, 0.15) is 5.82 Å². The number of carbonyl (C=O) groups is 1. The number of nitrogens with zero attached hydrogens (tertiary/aromatic N) is 4. The molecule has 224 valence electrons. The molecule has 1 saturated heterocycles. The molecule has 2 aromatic heterocycles. The second-order valence-corrected chi connectivity index (χ2v) is 12.0. The van der Waals surface area contributed by atoms with Gasteiger partial charge < -0.3 is 4.90 Å². The summed E-state index contributed by atoms with van der Waals surface area (Å²) in [6.45, 7) is 5.39. The van der Waals surface area contributed by atoms with Crippen molar-refractivity contribution in [3.8, 4) is 22.5 Å². The molecule has 1 aliphatic carbocycles. The molecule has 0 bridgehead atoms. The highest BCUT2D eigenvalue weighted by molar-refractivity contribution is 5.80. The smallest absolute Gasteiger partial charge is 0.340 e. The lowest BCUT2D eigenvalue weighted by molar-refractivity contribution is -0.133. The molecule has 0 radical (unpaired) electrons. The normalized spacial score (nSPS) is 16.9. The Morgan fingerprint density at radius 2 is 1.79 bits per heavy atom. The Balaban J connectivity index is 1.32. The molecular weight excluding hydrogens is 542 g/mol. The van der Waals surface area contributed by atoms with Crippen LogP contribution >= 0.6 is 0 Å². The van der Waals surface area contributed by atoms with Crippen molar-refractivity contribution in [1.82, 2.24) is 24.6 Å². The van der Waals surface area contributed by atoms with Crippen molar-refractivity contribution in [2.24, 2.45) is 0 Å². The molecule has 2 fully saturated rings. The number of hydrogen-bond donors (Lipinski definition) is 1. The molecule has 6 rings (SSSR count). The highest BCUT2D eigenvalue weighted by Gasteiger charge is 2.33. The maximum atomic E-state index is 14.2. The van der Waals surface area contributed by atoms with Crippen molar-refractivity contribution in [3.05, 3.63) is 92.1 Å². The number of nitrogens with one attached hydrogen (secondary N) is 1. The number of H-pyrrole nitrogens is 1. The fourth-order valence-electron chi connectivity index (χ4n) is 6.19. The van der Waals surface area contributed by atoms with Gasteiger partial charge in [-0.25, -0.2) is 9.78 Å². The van der Waals surface area contributed by atoms with E-state index in [0.717, 1.165) is 91.7 Å². The Labute approximate surface area is 251 Å². The van der Waals surface area contributed by atoms with Gasteiger partial charge in [-0.05, 0) is 62.1 Å². The van der Waals surface area contributed by atoms with E-state index in [1.54, 1.807) is 4.57 Å². The van der Waals surface area contributed by atoms with Gasteiger partial charge in [0.05, 0.1) is 18.7 Å². The third-order valence-electron chi connectivity index (χ3n) is 8.77. The first-order valence-electron chi connectivity index (χ1n) is 15.6. The molecule has 0 spiro atoms. The minimum atomic E-state index is -0.600. The van der Waals surface area contributed by atoms with E-state index in [9.17, 15) is 14.4 Å². The van der Waals surface area contributed by atoms with Crippen molar-refractivity contribution < 1.29 is 9.32 Å². The number of piperidine rings is 1. The van der Waals surface area contributed by atoms with Crippen molar-refractivity contribution in [3.63, 3.8) is 0 Å². The van der Waals surface area contributed by atoms with E-state index in [-0.39, 0.29) is 29.8 Å². The first-order chi connectivity index (χ1) is 20.9. The van der Waals surface area contributed by atoms with Crippen molar-refractivity contribution in [2.75, 3.05) is 6.54 Å². The summed E-state index contributed by atoms with van der Waals surface area (Å²) in [5.74, 6) is 0.901. The van der Waals surface area contributed by atoms with E-state index >= 15 is 0 Å². The monoisotopic (exact) mass is 581 g/mol. The van der Waals surface area contributed by atoms with Gasteiger partial charge in [-0.3, -0.25) is 23.7 Å². The number of aromatic amines is 1. The van der Waals surface area contributed by atoms with Crippen LogP contribution in [0.25, 0.3) is 22.5 Å². The van der Waals surface area contributed by atoms with Crippen LogP contribution in [0.2, 0.25) is 0 Å². The predicted molar refractivity (Wildman–Crippen MR) is 165 cm³/mol. The molecule has 2 aromatic carbocycles. The minimum Gasteiger partial charge on any atom is -0.340 e. The molecule has 1 saturated carbocycles. The number of unbranched alkanes of at least 4 members (excludes halogenated alkanes) is 1. The van der Waals surface area contributed by atoms with Crippen LogP contribution in [0.1, 0.15) is 87.4 Å². The first kappa shape index (κ1) is 28.8. The van der Waals surface area contributed by atoms with Crippen LogP contribution in [-0.4, -0.2) is 43.1 Å². The fraction of sp³-hybridized carbons (Fsp3) is 0.441. The molecule has 4 aromatic rings. The lowest BCUT2D eigenvalue weighted by atomic mass is 9.98. The Hall–Kier alpha value is -4.27. The van der Waals surface area contributed by atoms with Gasteiger partial charge in [0.2, 0.25) is 5.91 Å². The lowest BCUT2D eigenvalue weighted by Crippen LogP contribution is -2.44. The maximum Gasteiger partial charge on any atom is 0.439 e. The van der Waals surface area contributed by atoms with Crippen LogP contribution in [0.4, 0.5) is 0 Å². The summed E-state index contributed by atoms with van der Waals surface area (Å²) in [7, 11) is 0. The van der Waals surface area contributed by atoms with Gasteiger partial charge in [-0.2, -0.15) is 0 Å². The number of benzene rings is 2. The van der Waals surface area contributed by atoms with Gasteiger partial charge >= 0.3 is 5.76 Å². The summed E-state index contributed by atoms with van der Waals surface area (Å²) in [5, 5.41) is 3.86. The molecule has 1 aliphatic heterocycles. The summed E-state index contributed by atoms with van der Waals surface area (Å²) in [5.41, 5.74) is 4.94. The molecule has 1 N–H and O–H groups in total. The van der Waals surface area contributed by atoms with Crippen molar-refractivity contribution in [1.29, 1.82) is 0 Å². The van der Waals surface area contributed by atoms with E-state index in [0.29, 0.717) is 17.9 Å². The second-order valence-electron chi connectivity index (χ2n) is 12.0. The molecule has 1 amide bonds. The zero-order valence-electron chi connectivity index (χ0n) is 25.0. The number of likely N-dealkylation sites (tertiary alicyclic amines) is 1. The molecule has 9 nitrogen and oxygen atoms in total. The third kappa shape index (κ3) is 6.26. The van der Waals surface area contributed by atoms with Gasteiger partial charge in [0.25, 0.3) is 5.56 Å².